The van der Waals surface area contributed by atoms with Crippen LogP contribution in [-0.2, 0) is 0 Å². The molecule has 0 bridgehead atoms. The van der Waals surface area contributed by atoms with Gasteiger partial charge in [-0.05, 0) is 24.3 Å². The van der Waals surface area contributed by atoms with Gasteiger partial charge in [-0.2, -0.15) is 0 Å². The molecule has 0 unspecified atom stereocenters. The summed E-state index contributed by atoms with van der Waals surface area (Å²) < 4.78 is 0. The van der Waals surface area contributed by atoms with Gasteiger partial charge in [0.1, 0.15) is 0 Å². The van der Waals surface area contributed by atoms with Crippen molar-refractivity contribution < 1.29 is 4.79 Å². The molecule has 0 saturated carbocycles. The number of hydrogen-bond acceptors (Lipinski definition) is 2. The number of fused-ring (bicyclic) bond motifs is 1. The Morgan fingerprint density at radius 2 is 1.95 bits per heavy atom. The molecule has 3 aromatic rings. The molecule has 0 fully saturated rings. The summed E-state index contributed by atoms with van der Waals surface area (Å²) >= 11 is 7.53. The van der Waals surface area contributed by atoms with Crippen molar-refractivity contribution in [2.45, 2.75) is 9.92 Å². The Balaban J connectivity index is 2.01. The highest BCUT2D eigenvalue weighted by atomic mass is 35.5. The van der Waals surface area contributed by atoms with E-state index in [2.05, 4.69) is 17.1 Å². The average molecular weight is 288 g/mol. The van der Waals surface area contributed by atoms with Gasteiger partial charge in [-0.15, -0.1) is 0 Å². The summed E-state index contributed by atoms with van der Waals surface area (Å²) in [5, 5.41) is 2.63. The number of aromatic amines is 1. The first-order chi connectivity index (χ1) is 9.28. The monoisotopic (exact) mass is 287 g/mol. The van der Waals surface area contributed by atoms with Crippen LogP contribution in [0.5, 0.6) is 0 Å². The second-order valence-electron chi connectivity index (χ2n) is 4.09. The predicted molar refractivity (Wildman–Crippen MR) is 79.3 cm³/mol. The Morgan fingerprint density at radius 1 is 1.11 bits per heavy atom. The van der Waals surface area contributed by atoms with Gasteiger partial charge >= 0.3 is 0 Å². The Kier molecular flexibility index (Phi) is 3.32. The van der Waals surface area contributed by atoms with Gasteiger partial charge in [0.15, 0.2) is 6.29 Å². The van der Waals surface area contributed by atoms with Crippen LogP contribution in [-0.4, -0.2) is 11.3 Å². The van der Waals surface area contributed by atoms with Crippen LogP contribution in [0.25, 0.3) is 10.9 Å². The van der Waals surface area contributed by atoms with E-state index >= 15 is 0 Å². The van der Waals surface area contributed by atoms with E-state index in [1.807, 2.05) is 30.3 Å². The summed E-state index contributed by atoms with van der Waals surface area (Å²) in [5.41, 5.74) is 1.62. The fourth-order valence-corrected chi connectivity index (χ4v) is 3.21. The summed E-state index contributed by atoms with van der Waals surface area (Å²) in [5.74, 6) is 0. The van der Waals surface area contributed by atoms with Crippen molar-refractivity contribution in [2.75, 3.05) is 0 Å². The molecular weight excluding hydrogens is 278 g/mol. The van der Waals surface area contributed by atoms with Gasteiger partial charge in [0.05, 0.1) is 10.0 Å². The molecule has 0 aliphatic rings. The van der Waals surface area contributed by atoms with Gasteiger partial charge in [-0.25, -0.2) is 0 Å². The summed E-state index contributed by atoms with van der Waals surface area (Å²) in [6.45, 7) is 0. The number of carbonyl (C=O) groups is 1. The quantitative estimate of drug-likeness (QED) is 0.703. The minimum absolute atomic E-state index is 0.483. The molecule has 0 radical (unpaired) electrons. The van der Waals surface area contributed by atoms with E-state index in [0.29, 0.717) is 10.6 Å². The van der Waals surface area contributed by atoms with Gasteiger partial charge in [0.25, 0.3) is 0 Å². The molecule has 19 heavy (non-hydrogen) atoms. The van der Waals surface area contributed by atoms with Crippen LogP contribution < -0.4 is 0 Å². The molecule has 1 heterocycles. The number of nitrogens with one attached hydrogen (secondary N) is 1. The van der Waals surface area contributed by atoms with Crippen LogP contribution in [0.1, 0.15) is 10.4 Å². The third-order valence-corrected chi connectivity index (χ3v) is 4.20. The van der Waals surface area contributed by atoms with Crippen LogP contribution in [0, 0.1) is 0 Å². The highest BCUT2D eigenvalue weighted by molar-refractivity contribution is 7.99. The Morgan fingerprint density at radius 3 is 2.74 bits per heavy atom. The highest BCUT2D eigenvalue weighted by Crippen LogP contribution is 2.33. The van der Waals surface area contributed by atoms with E-state index in [9.17, 15) is 4.79 Å². The Hall–Kier alpha value is -1.71. The summed E-state index contributed by atoms with van der Waals surface area (Å²) in [4.78, 5) is 15.3. The van der Waals surface area contributed by atoms with Crippen molar-refractivity contribution in [3.63, 3.8) is 0 Å². The number of hydrogen-bond donors (Lipinski definition) is 1. The lowest BCUT2D eigenvalue weighted by Crippen LogP contribution is -1.86. The molecule has 1 N–H and O–H groups in total. The van der Waals surface area contributed by atoms with Gasteiger partial charge in [0.2, 0.25) is 0 Å². The van der Waals surface area contributed by atoms with Crippen molar-refractivity contribution in [1.82, 2.24) is 4.98 Å². The second kappa shape index (κ2) is 5.11. The number of halogens is 1. The number of rotatable bonds is 3. The Labute approximate surface area is 119 Å². The maximum absolute atomic E-state index is 11.1. The van der Waals surface area contributed by atoms with Gasteiger partial charge in [-0.3, -0.25) is 4.79 Å². The van der Waals surface area contributed by atoms with Crippen LogP contribution in [0.4, 0.5) is 0 Å². The van der Waals surface area contributed by atoms with E-state index in [1.54, 1.807) is 6.07 Å². The van der Waals surface area contributed by atoms with E-state index in [-0.39, 0.29) is 0 Å². The van der Waals surface area contributed by atoms with Crippen molar-refractivity contribution in [1.29, 1.82) is 0 Å². The molecular formula is C15H10ClNOS. The third-order valence-electron chi connectivity index (χ3n) is 2.86. The van der Waals surface area contributed by atoms with Gasteiger partial charge in [0, 0.05) is 21.4 Å². The van der Waals surface area contributed by atoms with Crippen molar-refractivity contribution in [3.8, 4) is 0 Å². The lowest BCUT2D eigenvalue weighted by atomic mass is 10.2. The van der Waals surface area contributed by atoms with Crippen LogP contribution in [0.3, 0.4) is 0 Å². The number of aromatic nitrogens is 1. The topological polar surface area (TPSA) is 32.9 Å². The number of carbonyl (C=O) groups excluding carboxylic acids is 1. The molecule has 4 heteroatoms. The molecule has 0 aliphatic heterocycles. The summed E-state index contributed by atoms with van der Waals surface area (Å²) in [7, 11) is 0. The zero-order valence-corrected chi connectivity index (χ0v) is 11.5. The minimum Gasteiger partial charge on any atom is -0.349 e. The van der Waals surface area contributed by atoms with Gasteiger partial charge in [-0.1, -0.05) is 47.6 Å². The summed E-state index contributed by atoms with van der Waals surface area (Å²) in [6.07, 6.45) is 0.799. The molecule has 0 amide bonds. The number of aldehydes is 1. The lowest BCUT2D eigenvalue weighted by Gasteiger charge is -2.04. The normalized spacial score (nSPS) is 10.8. The van der Waals surface area contributed by atoms with Crippen molar-refractivity contribution >= 4 is 40.6 Å². The predicted octanol–water partition coefficient (Wildman–Crippen LogP) is 4.79. The average Bonchev–Trinajstić information content (AvgIpc) is 2.81. The molecule has 3 rings (SSSR count). The fourth-order valence-electron chi connectivity index (χ4n) is 1.94. The molecule has 1 aromatic heterocycles. The number of H-pyrrole nitrogens is 1. The van der Waals surface area contributed by atoms with Crippen LogP contribution in [0.2, 0.25) is 5.02 Å². The first-order valence-corrected chi connectivity index (χ1v) is 6.96. The third kappa shape index (κ3) is 2.39. The Bertz CT molecular complexity index is 718. The molecule has 2 nitrogen and oxygen atoms in total. The standard InChI is InChI=1S/C15H10ClNOS/c16-12-5-3-7-14(11(12)9-18)19-15-8-10-4-1-2-6-13(10)17-15/h1-9,17H. The molecule has 0 aliphatic carbocycles. The first-order valence-electron chi connectivity index (χ1n) is 5.77. The van der Waals surface area contributed by atoms with E-state index in [1.165, 1.54) is 11.8 Å². The van der Waals surface area contributed by atoms with Crippen molar-refractivity contribution in [2.24, 2.45) is 0 Å². The zero-order valence-electron chi connectivity index (χ0n) is 9.89. The van der Waals surface area contributed by atoms with Crippen LogP contribution >= 0.6 is 23.4 Å². The minimum atomic E-state index is 0.483. The zero-order chi connectivity index (χ0) is 13.2. The molecule has 0 atom stereocenters. The fraction of sp³-hybridized carbons (Fsp3) is 0. The maximum Gasteiger partial charge on any atom is 0.152 e. The van der Waals surface area contributed by atoms with E-state index in [4.69, 9.17) is 11.6 Å². The van der Waals surface area contributed by atoms with Gasteiger partial charge < -0.3 is 4.98 Å². The lowest BCUT2D eigenvalue weighted by molar-refractivity contribution is 0.112. The first kappa shape index (κ1) is 12.3. The van der Waals surface area contributed by atoms with Crippen molar-refractivity contribution in [3.05, 3.63) is 59.1 Å². The second-order valence-corrected chi connectivity index (χ2v) is 5.58. The number of para-hydroxylation sites is 1. The molecule has 94 valence electrons. The molecule has 0 spiro atoms. The summed E-state index contributed by atoms with van der Waals surface area (Å²) in [6, 6.07) is 15.6. The smallest absolute Gasteiger partial charge is 0.152 e. The maximum atomic E-state index is 11.1. The molecule has 0 saturated heterocycles. The molecule has 2 aromatic carbocycles. The SMILES string of the molecule is O=Cc1c(Cl)cccc1Sc1cc2ccccc2[nH]1. The van der Waals surface area contributed by atoms with Crippen LogP contribution in [0.15, 0.2) is 58.5 Å². The largest absolute Gasteiger partial charge is 0.349 e. The van der Waals surface area contributed by atoms with E-state index in [0.717, 1.165) is 27.1 Å². The highest BCUT2D eigenvalue weighted by Gasteiger charge is 2.09. The van der Waals surface area contributed by atoms with E-state index < -0.39 is 0 Å². The number of benzene rings is 2.